The van der Waals surface area contributed by atoms with Crippen molar-refractivity contribution in [3.05, 3.63) is 12.4 Å². The minimum atomic E-state index is -0.966. The number of nitrogens with zero attached hydrogens (tertiary/aromatic N) is 2. The molecule has 2 atom stereocenters. The summed E-state index contributed by atoms with van der Waals surface area (Å²) in [5.74, 6) is -0.966. The molecule has 0 bridgehead atoms. The van der Waals surface area contributed by atoms with Crippen molar-refractivity contribution in [2.45, 2.75) is 38.5 Å². The Kier molecular flexibility index (Phi) is 3.89. The molecule has 0 radical (unpaired) electrons. The molecule has 0 aliphatic carbocycles. The Hall–Kier alpha value is -1.76. The van der Waals surface area contributed by atoms with Crippen molar-refractivity contribution in [3.63, 3.8) is 0 Å². The Bertz CT molecular complexity index is 429. The van der Waals surface area contributed by atoms with Gasteiger partial charge in [-0.1, -0.05) is 0 Å². The van der Waals surface area contributed by atoms with Crippen LogP contribution >= 0.6 is 0 Å². The molecule has 1 fully saturated rings. The maximum atomic E-state index is 12.0. The van der Waals surface area contributed by atoms with Gasteiger partial charge in [-0.25, -0.2) is 9.59 Å². The molecule has 112 valence electrons. The van der Waals surface area contributed by atoms with E-state index in [1.165, 1.54) is 4.90 Å². The maximum absolute atomic E-state index is 12.0. The topological polar surface area (TPSA) is 79.3 Å². The van der Waals surface area contributed by atoms with Gasteiger partial charge in [-0.3, -0.25) is 4.90 Å². The predicted octanol–water partition coefficient (Wildman–Crippen LogP) is 0.862. The number of carbonyl (C=O) groups excluding carboxylic acids is 1. The van der Waals surface area contributed by atoms with E-state index in [0.29, 0.717) is 13.1 Å². The van der Waals surface area contributed by atoms with Crippen molar-refractivity contribution >= 4 is 12.1 Å². The quantitative estimate of drug-likeness (QED) is 0.769. The molecule has 1 N–H and O–H groups in total. The minimum Gasteiger partial charge on any atom is -0.479 e. The van der Waals surface area contributed by atoms with Crippen molar-refractivity contribution in [2.75, 3.05) is 19.7 Å². The largest absolute Gasteiger partial charge is 0.479 e. The van der Waals surface area contributed by atoms with Gasteiger partial charge in [-0.15, -0.1) is 0 Å². The highest BCUT2D eigenvalue weighted by atomic mass is 16.6. The number of hydrogen-bond donors (Lipinski definition) is 1. The molecule has 7 heteroatoms. The number of hydrogen-bond acceptors (Lipinski definition) is 5. The van der Waals surface area contributed by atoms with Gasteiger partial charge in [0.05, 0.1) is 25.7 Å². The van der Waals surface area contributed by atoms with Crippen LogP contribution in [0.25, 0.3) is 0 Å². The molecule has 0 unspecified atom stereocenters. The standard InChI is InChI=1S/C13H20N2O5/c1-13(2,3)20-12(18)15-5-4-14-7-10(11(16)17)19-8-9(14)6-15/h4-5,9-10H,6-8H2,1-3H3,(H,16,17)/t9-,10-/m0/s1. The number of carbonyl (C=O) groups is 2. The fraction of sp³-hybridized carbons (Fsp3) is 0.692. The summed E-state index contributed by atoms with van der Waals surface area (Å²) in [6, 6.07) is -0.0388. The molecule has 2 aliphatic heterocycles. The van der Waals surface area contributed by atoms with Crippen molar-refractivity contribution in [2.24, 2.45) is 0 Å². The molecule has 0 aromatic rings. The normalized spacial score (nSPS) is 26.1. The lowest BCUT2D eigenvalue weighted by Gasteiger charge is -2.42. The van der Waals surface area contributed by atoms with Crippen molar-refractivity contribution < 1.29 is 24.2 Å². The van der Waals surface area contributed by atoms with Crippen LogP contribution in [0.2, 0.25) is 0 Å². The second kappa shape index (κ2) is 5.32. The number of ether oxygens (including phenoxy) is 2. The highest BCUT2D eigenvalue weighted by Crippen LogP contribution is 2.20. The average Bonchev–Trinajstić information content (AvgIpc) is 2.35. The van der Waals surface area contributed by atoms with E-state index < -0.39 is 23.8 Å². The Labute approximate surface area is 117 Å². The van der Waals surface area contributed by atoms with Crippen molar-refractivity contribution in [3.8, 4) is 0 Å². The van der Waals surface area contributed by atoms with Gasteiger partial charge in [-0.2, -0.15) is 0 Å². The van der Waals surface area contributed by atoms with Crippen molar-refractivity contribution in [1.29, 1.82) is 0 Å². The minimum absolute atomic E-state index is 0.0388. The van der Waals surface area contributed by atoms with Gasteiger partial charge >= 0.3 is 12.1 Å². The monoisotopic (exact) mass is 284 g/mol. The van der Waals surface area contributed by atoms with Crippen LogP contribution < -0.4 is 0 Å². The van der Waals surface area contributed by atoms with Crippen LogP contribution in [0.4, 0.5) is 4.79 Å². The number of aliphatic carboxylic acids is 1. The number of carboxylic acids is 1. The van der Waals surface area contributed by atoms with E-state index >= 15 is 0 Å². The molecule has 1 saturated heterocycles. The van der Waals surface area contributed by atoms with Gasteiger partial charge in [-0.05, 0) is 20.8 Å². The second-order valence-corrected chi connectivity index (χ2v) is 5.94. The smallest absolute Gasteiger partial charge is 0.414 e. The summed E-state index contributed by atoms with van der Waals surface area (Å²) >= 11 is 0. The first-order valence-corrected chi connectivity index (χ1v) is 6.54. The third kappa shape index (κ3) is 3.41. The van der Waals surface area contributed by atoms with Crippen LogP contribution in [-0.2, 0) is 14.3 Å². The Morgan fingerprint density at radius 3 is 2.60 bits per heavy atom. The predicted molar refractivity (Wildman–Crippen MR) is 69.9 cm³/mol. The summed E-state index contributed by atoms with van der Waals surface area (Å²) in [5.41, 5.74) is -0.542. The van der Waals surface area contributed by atoms with Gasteiger partial charge in [0.2, 0.25) is 0 Å². The van der Waals surface area contributed by atoms with Crippen molar-refractivity contribution in [1.82, 2.24) is 9.80 Å². The number of carboxylic acid groups (broad SMARTS) is 1. The molecular formula is C13H20N2O5. The Morgan fingerprint density at radius 2 is 2.00 bits per heavy atom. The Balaban J connectivity index is 1.98. The fourth-order valence-electron chi connectivity index (χ4n) is 2.12. The SMILES string of the molecule is CC(C)(C)OC(=O)N1C=CN2C[C@@H](C(=O)O)OC[C@@H]2C1. The molecule has 2 heterocycles. The molecule has 0 aromatic carbocycles. The first-order valence-electron chi connectivity index (χ1n) is 6.54. The summed E-state index contributed by atoms with van der Waals surface area (Å²) in [4.78, 5) is 26.2. The second-order valence-electron chi connectivity index (χ2n) is 5.94. The molecule has 0 aromatic heterocycles. The highest BCUT2D eigenvalue weighted by Gasteiger charge is 2.35. The summed E-state index contributed by atoms with van der Waals surface area (Å²) in [7, 11) is 0. The Morgan fingerprint density at radius 1 is 1.30 bits per heavy atom. The van der Waals surface area contributed by atoms with Crippen LogP contribution in [0.5, 0.6) is 0 Å². The van der Waals surface area contributed by atoms with E-state index in [1.807, 2.05) is 25.7 Å². The third-order valence-electron chi connectivity index (χ3n) is 3.08. The lowest BCUT2D eigenvalue weighted by atomic mass is 10.1. The van der Waals surface area contributed by atoms with Crippen LogP contribution in [0.15, 0.2) is 12.4 Å². The van der Waals surface area contributed by atoms with E-state index in [1.54, 1.807) is 12.4 Å². The zero-order valence-corrected chi connectivity index (χ0v) is 11.9. The number of fused-ring (bicyclic) bond motifs is 1. The van der Waals surface area contributed by atoms with E-state index in [0.717, 1.165) is 0 Å². The molecule has 1 amide bonds. The van der Waals surface area contributed by atoms with Gasteiger partial charge < -0.3 is 19.5 Å². The van der Waals surface area contributed by atoms with Crippen LogP contribution in [0.3, 0.4) is 0 Å². The number of rotatable bonds is 1. The average molecular weight is 284 g/mol. The molecule has 7 nitrogen and oxygen atoms in total. The lowest BCUT2D eigenvalue weighted by molar-refractivity contribution is -0.158. The summed E-state index contributed by atoms with van der Waals surface area (Å²) in [6.07, 6.45) is 2.11. The van der Waals surface area contributed by atoms with Crippen LogP contribution in [-0.4, -0.2) is 64.4 Å². The lowest BCUT2D eigenvalue weighted by Crippen LogP contribution is -2.56. The molecular weight excluding hydrogens is 264 g/mol. The molecule has 0 saturated carbocycles. The van der Waals surface area contributed by atoms with E-state index in [4.69, 9.17) is 14.6 Å². The zero-order valence-electron chi connectivity index (χ0n) is 11.9. The molecule has 20 heavy (non-hydrogen) atoms. The molecule has 0 spiro atoms. The van der Waals surface area contributed by atoms with Crippen LogP contribution in [0.1, 0.15) is 20.8 Å². The maximum Gasteiger partial charge on any atom is 0.414 e. The first kappa shape index (κ1) is 14.6. The fourth-order valence-corrected chi connectivity index (χ4v) is 2.12. The number of amides is 1. The van der Waals surface area contributed by atoms with E-state index in [-0.39, 0.29) is 12.6 Å². The highest BCUT2D eigenvalue weighted by molar-refractivity contribution is 5.73. The van der Waals surface area contributed by atoms with Gasteiger partial charge in [0.25, 0.3) is 0 Å². The molecule has 2 aliphatic rings. The summed E-state index contributed by atoms with van der Waals surface area (Å²) in [5, 5.41) is 8.94. The van der Waals surface area contributed by atoms with Gasteiger partial charge in [0.1, 0.15) is 5.60 Å². The van der Waals surface area contributed by atoms with E-state index in [9.17, 15) is 9.59 Å². The third-order valence-corrected chi connectivity index (χ3v) is 3.08. The first-order chi connectivity index (χ1) is 9.26. The van der Waals surface area contributed by atoms with E-state index in [2.05, 4.69) is 0 Å². The zero-order chi connectivity index (χ0) is 14.9. The number of morpholine rings is 1. The summed E-state index contributed by atoms with van der Waals surface area (Å²) < 4.78 is 10.6. The molecule has 2 rings (SSSR count). The van der Waals surface area contributed by atoms with Gasteiger partial charge in [0.15, 0.2) is 6.10 Å². The van der Waals surface area contributed by atoms with Crippen LogP contribution in [0, 0.1) is 0 Å². The van der Waals surface area contributed by atoms with Gasteiger partial charge in [0, 0.05) is 12.4 Å². The summed E-state index contributed by atoms with van der Waals surface area (Å²) in [6.45, 7) is 6.43.